The highest BCUT2D eigenvalue weighted by molar-refractivity contribution is 4.59. The number of nitrogens with two attached hydrogens (primary N) is 1. The van der Waals surface area contributed by atoms with Crippen molar-refractivity contribution in [3.63, 3.8) is 0 Å². The predicted molar refractivity (Wildman–Crippen MR) is 40.5 cm³/mol. The van der Waals surface area contributed by atoms with Gasteiger partial charge in [-0.2, -0.15) is 0 Å². The number of nitrogens with one attached hydrogen (secondary N) is 2. The fourth-order valence-corrected chi connectivity index (χ4v) is 0.604. The second-order valence-electron chi connectivity index (χ2n) is 1.91. The fourth-order valence-electron chi connectivity index (χ4n) is 0.604. The van der Waals surface area contributed by atoms with E-state index >= 15 is 0 Å². The van der Waals surface area contributed by atoms with E-state index in [0.717, 1.165) is 32.7 Å². The summed E-state index contributed by atoms with van der Waals surface area (Å²) in [7, 11) is 0. The van der Waals surface area contributed by atoms with Crippen molar-refractivity contribution in [1.82, 2.24) is 10.6 Å². The van der Waals surface area contributed by atoms with Crippen LogP contribution in [0.1, 0.15) is 6.92 Å². The van der Waals surface area contributed by atoms with E-state index in [9.17, 15) is 0 Å². The van der Waals surface area contributed by atoms with Gasteiger partial charge in [-0.3, -0.25) is 0 Å². The Morgan fingerprint density at radius 2 is 1.33 bits per heavy atom. The van der Waals surface area contributed by atoms with E-state index in [1.54, 1.807) is 0 Å². The molecule has 0 aromatic heterocycles. The summed E-state index contributed by atoms with van der Waals surface area (Å²) in [6, 6.07) is 0. The highest BCUT2D eigenvalue weighted by Crippen LogP contribution is 1.65. The topological polar surface area (TPSA) is 50.1 Å². The molecule has 0 unspecified atom stereocenters. The second-order valence-corrected chi connectivity index (χ2v) is 1.91. The molecule has 0 atom stereocenters. The van der Waals surface area contributed by atoms with E-state index in [4.69, 9.17) is 5.73 Å². The van der Waals surface area contributed by atoms with Gasteiger partial charge in [0.25, 0.3) is 0 Å². The standard InChI is InChI=1S/C4H10N2.C2H7N/c1-2-6-4-3-5-1;1-2-3/h5-6H,1-4H2;2-3H2,1H3. The quantitative estimate of drug-likeness (QED) is 0.401. The van der Waals surface area contributed by atoms with Gasteiger partial charge in [-0.15, -0.1) is 0 Å². The molecule has 1 aliphatic heterocycles. The summed E-state index contributed by atoms with van der Waals surface area (Å²) in [6.07, 6.45) is 0. The summed E-state index contributed by atoms with van der Waals surface area (Å²) >= 11 is 0. The Morgan fingerprint density at radius 1 is 1.11 bits per heavy atom. The fraction of sp³-hybridized carbons (Fsp3) is 1.00. The predicted octanol–water partition coefficient (Wildman–Crippen LogP) is -0.856. The molecule has 0 aliphatic carbocycles. The molecule has 1 fully saturated rings. The first-order chi connectivity index (χ1) is 4.41. The van der Waals surface area contributed by atoms with Crippen molar-refractivity contribution in [3.8, 4) is 0 Å². The van der Waals surface area contributed by atoms with Crippen molar-refractivity contribution in [1.29, 1.82) is 0 Å². The highest BCUT2D eigenvalue weighted by Gasteiger charge is 1.91. The van der Waals surface area contributed by atoms with Gasteiger partial charge in [0, 0.05) is 26.2 Å². The van der Waals surface area contributed by atoms with Gasteiger partial charge in [0.1, 0.15) is 0 Å². The lowest BCUT2D eigenvalue weighted by atomic mass is 10.4. The van der Waals surface area contributed by atoms with E-state index < -0.39 is 0 Å². The molecule has 1 saturated heterocycles. The van der Waals surface area contributed by atoms with Gasteiger partial charge in [-0.05, 0) is 6.54 Å². The number of piperazine rings is 1. The zero-order chi connectivity index (χ0) is 6.95. The Morgan fingerprint density at radius 3 is 1.44 bits per heavy atom. The Labute approximate surface area is 57.0 Å². The van der Waals surface area contributed by atoms with Gasteiger partial charge < -0.3 is 16.4 Å². The van der Waals surface area contributed by atoms with E-state index in [1.165, 1.54) is 0 Å². The average molecular weight is 131 g/mol. The largest absolute Gasteiger partial charge is 0.331 e. The smallest absolute Gasteiger partial charge is 0.00772 e. The monoisotopic (exact) mass is 131 g/mol. The van der Waals surface area contributed by atoms with Crippen LogP contribution in [0, 0.1) is 0 Å². The van der Waals surface area contributed by atoms with E-state index in [-0.39, 0.29) is 0 Å². The van der Waals surface area contributed by atoms with Crippen LogP contribution < -0.4 is 16.4 Å². The van der Waals surface area contributed by atoms with Gasteiger partial charge in [0.2, 0.25) is 0 Å². The van der Waals surface area contributed by atoms with Crippen molar-refractivity contribution in [2.45, 2.75) is 6.92 Å². The van der Waals surface area contributed by atoms with Gasteiger partial charge in [-0.25, -0.2) is 0 Å². The lowest BCUT2D eigenvalue weighted by molar-refractivity contribution is 0.534. The van der Waals surface area contributed by atoms with Crippen molar-refractivity contribution < 1.29 is 0 Å². The maximum absolute atomic E-state index is 4.85. The Hall–Kier alpha value is -0.120. The summed E-state index contributed by atoms with van der Waals surface area (Å²) in [6.45, 7) is 7.21. The first-order valence-corrected chi connectivity index (χ1v) is 3.53. The first kappa shape index (κ1) is 8.88. The molecule has 9 heavy (non-hydrogen) atoms. The summed E-state index contributed by atoms with van der Waals surface area (Å²) in [4.78, 5) is 0. The first-order valence-electron chi connectivity index (χ1n) is 3.53. The molecule has 0 saturated carbocycles. The zero-order valence-electron chi connectivity index (χ0n) is 6.11. The van der Waals surface area contributed by atoms with Gasteiger partial charge in [-0.1, -0.05) is 6.92 Å². The molecule has 0 radical (unpaired) electrons. The molecule has 0 aromatic rings. The minimum absolute atomic E-state index is 0.750. The third kappa shape index (κ3) is 7.88. The molecule has 3 heteroatoms. The minimum Gasteiger partial charge on any atom is -0.331 e. The van der Waals surface area contributed by atoms with Crippen molar-refractivity contribution in [2.24, 2.45) is 5.73 Å². The SMILES string of the molecule is C1CNCCN1.CCN. The molecule has 1 heterocycles. The van der Waals surface area contributed by atoms with Crippen molar-refractivity contribution in [3.05, 3.63) is 0 Å². The van der Waals surface area contributed by atoms with Crippen LogP contribution in [-0.4, -0.2) is 32.7 Å². The average Bonchev–Trinajstić information content (AvgIpc) is 1.93. The molecule has 0 spiro atoms. The summed E-state index contributed by atoms with van der Waals surface area (Å²) < 4.78 is 0. The van der Waals surface area contributed by atoms with Crippen LogP contribution in [0.3, 0.4) is 0 Å². The molecule has 0 amide bonds. The lowest BCUT2D eigenvalue weighted by Gasteiger charge is -2.11. The van der Waals surface area contributed by atoms with E-state index in [0.29, 0.717) is 0 Å². The second kappa shape index (κ2) is 7.88. The molecular formula is C6H17N3. The van der Waals surface area contributed by atoms with Crippen LogP contribution in [0.5, 0.6) is 0 Å². The van der Waals surface area contributed by atoms with Crippen molar-refractivity contribution >= 4 is 0 Å². The molecule has 1 aliphatic rings. The summed E-state index contributed by atoms with van der Waals surface area (Å²) in [5.74, 6) is 0. The third-order valence-electron chi connectivity index (χ3n) is 0.957. The number of hydrogen-bond donors (Lipinski definition) is 3. The molecule has 56 valence electrons. The summed E-state index contributed by atoms with van der Waals surface area (Å²) in [5, 5.41) is 6.44. The molecular weight excluding hydrogens is 114 g/mol. The van der Waals surface area contributed by atoms with Gasteiger partial charge in [0.05, 0.1) is 0 Å². The Kier molecular flexibility index (Phi) is 7.77. The minimum atomic E-state index is 0.750. The molecule has 1 rings (SSSR count). The lowest BCUT2D eigenvalue weighted by Crippen LogP contribution is -2.39. The maximum atomic E-state index is 4.85. The maximum Gasteiger partial charge on any atom is 0.00772 e. The highest BCUT2D eigenvalue weighted by atomic mass is 15.0. The van der Waals surface area contributed by atoms with Crippen LogP contribution in [0.25, 0.3) is 0 Å². The van der Waals surface area contributed by atoms with E-state index in [2.05, 4.69) is 10.6 Å². The van der Waals surface area contributed by atoms with Gasteiger partial charge >= 0.3 is 0 Å². The molecule has 0 bridgehead atoms. The number of hydrogen-bond acceptors (Lipinski definition) is 3. The normalized spacial score (nSPS) is 18.0. The summed E-state index contributed by atoms with van der Waals surface area (Å²) in [5.41, 5.74) is 4.85. The Bertz CT molecular complexity index is 32.1. The van der Waals surface area contributed by atoms with E-state index in [1.807, 2.05) is 6.92 Å². The Balaban J connectivity index is 0.000000187. The van der Waals surface area contributed by atoms with Crippen LogP contribution >= 0.6 is 0 Å². The van der Waals surface area contributed by atoms with Gasteiger partial charge in [0.15, 0.2) is 0 Å². The third-order valence-corrected chi connectivity index (χ3v) is 0.957. The molecule has 0 aromatic carbocycles. The molecule has 4 N–H and O–H groups in total. The van der Waals surface area contributed by atoms with Crippen LogP contribution in [0.4, 0.5) is 0 Å². The van der Waals surface area contributed by atoms with Crippen LogP contribution in [0.15, 0.2) is 0 Å². The van der Waals surface area contributed by atoms with Crippen LogP contribution in [-0.2, 0) is 0 Å². The zero-order valence-corrected chi connectivity index (χ0v) is 6.11. The number of rotatable bonds is 0. The van der Waals surface area contributed by atoms with Crippen LogP contribution in [0.2, 0.25) is 0 Å². The molecule has 3 nitrogen and oxygen atoms in total. The van der Waals surface area contributed by atoms with Crippen molar-refractivity contribution in [2.75, 3.05) is 32.7 Å².